The Morgan fingerprint density at radius 1 is 1.26 bits per heavy atom. The Bertz CT molecular complexity index is 822. The highest BCUT2D eigenvalue weighted by molar-refractivity contribution is 7.17. The van der Waals surface area contributed by atoms with Gasteiger partial charge in [-0.25, -0.2) is 9.67 Å². The van der Waals surface area contributed by atoms with Gasteiger partial charge in [-0.1, -0.05) is 6.07 Å². The van der Waals surface area contributed by atoms with Gasteiger partial charge < -0.3 is 5.32 Å². The highest BCUT2D eigenvalue weighted by Gasteiger charge is 2.18. The third-order valence-corrected chi connectivity index (χ3v) is 4.47. The SMILES string of the molecule is Cc1nc(-c2ccccn2)sc1C(=O)Nc1ccnn1C(C)C. The molecule has 0 unspecified atom stereocenters. The van der Waals surface area contributed by atoms with Gasteiger partial charge in [0.05, 0.1) is 17.6 Å². The topological polar surface area (TPSA) is 72.7 Å². The van der Waals surface area contributed by atoms with Gasteiger partial charge in [0.1, 0.15) is 15.7 Å². The number of pyridine rings is 1. The third kappa shape index (κ3) is 3.14. The summed E-state index contributed by atoms with van der Waals surface area (Å²) in [6.07, 6.45) is 3.39. The zero-order valence-electron chi connectivity index (χ0n) is 13.1. The summed E-state index contributed by atoms with van der Waals surface area (Å²) in [5, 5.41) is 7.86. The van der Waals surface area contributed by atoms with Gasteiger partial charge >= 0.3 is 0 Å². The van der Waals surface area contributed by atoms with Gasteiger partial charge in [-0.2, -0.15) is 5.10 Å². The lowest BCUT2D eigenvalue weighted by Gasteiger charge is -2.11. The predicted molar refractivity (Wildman–Crippen MR) is 90.6 cm³/mol. The Morgan fingerprint density at radius 2 is 2.09 bits per heavy atom. The van der Waals surface area contributed by atoms with Gasteiger partial charge in [0.25, 0.3) is 5.91 Å². The quantitative estimate of drug-likeness (QED) is 0.795. The van der Waals surface area contributed by atoms with Crippen LogP contribution in [-0.4, -0.2) is 25.7 Å². The summed E-state index contributed by atoms with van der Waals surface area (Å²) in [5.41, 5.74) is 1.47. The minimum absolute atomic E-state index is 0.173. The van der Waals surface area contributed by atoms with Crippen molar-refractivity contribution in [2.75, 3.05) is 5.32 Å². The molecule has 0 aliphatic rings. The van der Waals surface area contributed by atoms with E-state index in [1.807, 2.05) is 39.0 Å². The van der Waals surface area contributed by atoms with Gasteiger partial charge in [-0.05, 0) is 32.9 Å². The second kappa shape index (κ2) is 6.29. The summed E-state index contributed by atoms with van der Waals surface area (Å²) in [6, 6.07) is 7.60. The Labute approximate surface area is 138 Å². The molecule has 6 nitrogen and oxygen atoms in total. The van der Waals surface area contributed by atoms with Crippen LogP contribution in [0.2, 0.25) is 0 Å². The molecular formula is C16H17N5OS. The molecule has 0 bridgehead atoms. The molecule has 1 amide bonds. The zero-order valence-corrected chi connectivity index (χ0v) is 14.0. The molecule has 0 saturated heterocycles. The average Bonchev–Trinajstić information content (AvgIpc) is 3.14. The summed E-state index contributed by atoms with van der Waals surface area (Å²) >= 11 is 1.34. The largest absolute Gasteiger partial charge is 0.306 e. The average molecular weight is 327 g/mol. The van der Waals surface area contributed by atoms with Crippen molar-refractivity contribution in [3.8, 4) is 10.7 Å². The van der Waals surface area contributed by atoms with Crippen LogP contribution in [-0.2, 0) is 0 Å². The van der Waals surface area contributed by atoms with E-state index >= 15 is 0 Å². The Morgan fingerprint density at radius 3 is 2.78 bits per heavy atom. The monoisotopic (exact) mass is 327 g/mol. The fourth-order valence-electron chi connectivity index (χ4n) is 2.20. The first-order chi connectivity index (χ1) is 11.1. The van der Waals surface area contributed by atoms with E-state index in [0.29, 0.717) is 16.4 Å². The molecule has 0 aliphatic carbocycles. The van der Waals surface area contributed by atoms with E-state index in [1.165, 1.54) is 11.3 Å². The van der Waals surface area contributed by atoms with Crippen LogP contribution in [0.25, 0.3) is 10.7 Å². The lowest BCUT2D eigenvalue weighted by molar-refractivity contribution is 0.102. The number of rotatable bonds is 4. The van der Waals surface area contributed by atoms with Gasteiger partial charge in [0.2, 0.25) is 0 Å². The number of thiazole rings is 1. The van der Waals surface area contributed by atoms with E-state index in [9.17, 15) is 4.79 Å². The standard InChI is InChI=1S/C16H17N5OS/c1-10(2)21-13(7-9-18-21)20-15(22)14-11(3)19-16(23-14)12-6-4-5-8-17-12/h4-10H,1-3H3,(H,20,22). The van der Waals surface area contributed by atoms with Crippen LogP contribution in [0.5, 0.6) is 0 Å². The van der Waals surface area contributed by atoms with Crippen molar-refractivity contribution in [3.63, 3.8) is 0 Å². The van der Waals surface area contributed by atoms with Crippen LogP contribution in [0.15, 0.2) is 36.7 Å². The minimum Gasteiger partial charge on any atom is -0.306 e. The Hall–Kier alpha value is -2.54. The van der Waals surface area contributed by atoms with Crippen LogP contribution in [0.4, 0.5) is 5.82 Å². The second-order valence-corrected chi connectivity index (χ2v) is 6.36. The van der Waals surface area contributed by atoms with Crippen LogP contribution in [0, 0.1) is 6.92 Å². The van der Waals surface area contributed by atoms with Gasteiger partial charge in [0, 0.05) is 18.3 Å². The molecule has 3 aromatic rings. The molecule has 0 saturated carbocycles. The van der Waals surface area contributed by atoms with E-state index in [-0.39, 0.29) is 11.9 Å². The molecule has 7 heteroatoms. The number of anilines is 1. The number of aromatic nitrogens is 4. The molecule has 3 aromatic heterocycles. The number of carbonyl (C=O) groups is 1. The fraction of sp³-hybridized carbons (Fsp3) is 0.250. The molecule has 0 atom stereocenters. The lowest BCUT2D eigenvalue weighted by atomic mass is 10.3. The summed E-state index contributed by atoms with van der Waals surface area (Å²) in [7, 11) is 0. The van der Waals surface area contributed by atoms with E-state index < -0.39 is 0 Å². The minimum atomic E-state index is -0.176. The van der Waals surface area contributed by atoms with Crippen molar-refractivity contribution < 1.29 is 4.79 Å². The maximum Gasteiger partial charge on any atom is 0.268 e. The maximum absolute atomic E-state index is 12.6. The highest BCUT2D eigenvalue weighted by atomic mass is 32.1. The second-order valence-electron chi connectivity index (χ2n) is 5.36. The van der Waals surface area contributed by atoms with Gasteiger partial charge in [-0.15, -0.1) is 11.3 Å². The summed E-state index contributed by atoms with van der Waals surface area (Å²) in [4.78, 5) is 21.9. The molecule has 0 fully saturated rings. The van der Waals surface area contributed by atoms with Crippen molar-refractivity contribution in [3.05, 3.63) is 47.2 Å². The number of hydrogen-bond acceptors (Lipinski definition) is 5. The van der Waals surface area contributed by atoms with E-state index in [0.717, 1.165) is 10.7 Å². The maximum atomic E-state index is 12.6. The third-order valence-electron chi connectivity index (χ3n) is 3.29. The predicted octanol–water partition coefficient (Wildman–Crippen LogP) is 3.54. The smallest absolute Gasteiger partial charge is 0.268 e. The zero-order chi connectivity index (χ0) is 16.4. The van der Waals surface area contributed by atoms with E-state index in [4.69, 9.17) is 0 Å². The first-order valence-corrected chi connectivity index (χ1v) is 8.11. The van der Waals surface area contributed by atoms with Crippen molar-refractivity contribution >= 4 is 23.1 Å². The van der Waals surface area contributed by atoms with Gasteiger partial charge in [0.15, 0.2) is 0 Å². The Balaban J connectivity index is 1.86. The number of amides is 1. The molecule has 118 valence electrons. The molecule has 0 radical (unpaired) electrons. The molecule has 3 rings (SSSR count). The van der Waals surface area contributed by atoms with Gasteiger partial charge in [-0.3, -0.25) is 9.78 Å². The Kier molecular flexibility index (Phi) is 4.20. The van der Waals surface area contributed by atoms with Crippen LogP contribution < -0.4 is 5.32 Å². The molecule has 0 aromatic carbocycles. The number of nitrogens with one attached hydrogen (secondary N) is 1. The van der Waals surface area contributed by atoms with E-state index in [2.05, 4.69) is 20.4 Å². The number of nitrogens with zero attached hydrogens (tertiary/aromatic N) is 4. The summed E-state index contributed by atoms with van der Waals surface area (Å²) in [6.45, 7) is 5.86. The molecular weight excluding hydrogens is 310 g/mol. The first kappa shape index (κ1) is 15.4. The summed E-state index contributed by atoms with van der Waals surface area (Å²) in [5.74, 6) is 0.502. The molecule has 1 N–H and O–H groups in total. The molecule has 0 aliphatic heterocycles. The van der Waals surface area contributed by atoms with Crippen molar-refractivity contribution in [1.82, 2.24) is 19.7 Å². The normalized spacial score (nSPS) is 11.0. The first-order valence-electron chi connectivity index (χ1n) is 7.30. The van der Waals surface area contributed by atoms with Crippen molar-refractivity contribution in [1.29, 1.82) is 0 Å². The van der Waals surface area contributed by atoms with Crippen LogP contribution >= 0.6 is 11.3 Å². The van der Waals surface area contributed by atoms with Crippen LogP contribution in [0.1, 0.15) is 35.3 Å². The highest BCUT2D eigenvalue weighted by Crippen LogP contribution is 2.27. The van der Waals surface area contributed by atoms with Crippen LogP contribution in [0.3, 0.4) is 0 Å². The summed E-state index contributed by atoms with van der Waals surface area (Å²) < 4.78 is 1.77. The van der Waals surface area contributed by atoms with E-state index in [1.54, 1.807) is 23.1 Å². The van der Waals surface area contributed by atoms with Crippen molar-refractivity contribution in [2.24, 2.45) is 0 Å². The van der Waals surface area contributed by atoms with Crippen molar-refractivity contribution in [2.45, 2.75) is 26.8 Å². The number of aryl methyl sites for hydroxylation is 1. The molecule has 0 spiro atoms. The molecule has 3 heterocycles. The molecule has 23 heavy (non-hydrogen) atoms. The fourth-order valence-corrected chi connectivity index (χ4v) is 3.14. The lowest BCUT2D eigenvalue weighted by Crippen LogP contribution is -2.16. The number of hydrogen-bond donors (Lipinski definition) is 1. The number of carbonyl (C=O) groups excluding carboxylic acids is 1.